The van der Waals surface area contributed by atoms with Crippen LogP contribution in [0.15, 0.2) is 48.5 Å². The van der Waals surface area contributed by atoms with Crippen molar-refractivity contribution in [2.24, 2.45) is 0 Å². The number of rotatable bonds is 3. The maximum Gasteiger partial charge on any atom is 0.323 e. The summed E-state index contributed by atoms with van der Waals surface area (Å²) in [4.78, 5) is 23.1. The first-order valence-corrected chi connectivity index (χ1v) is 6.03. The highest BCUT2D eigenvalue weighted by Crippen LogP contribution is 2.21. The molecule has 0 aliphatic heterocycles. The van der Waals surface area contributed by atoms with Crippen LogP contribution in [-0.4, -0.2) is 16.9 Å². The minimum Gasteiger partial charge on any atom is -0.506 e. The number of hydrogen-bond donors (Lipinski definition) is 3. The van der Waals surface area contributed by atoms with E-state index in [0.717, 1.165) is 0 Å². The number of para-hydroxylation sites is 2. The highest BCUT2D eigenvalue weighted by Gasteiger charge is 2.07. The summed E-state index contributed by atoms with van der Waals surface area (Å²) in [6.45, 7) is 1.46. The van der Waals surface area contributed by atoms with Crippen molar-refractivity contribution in [3.8, 4) is 5.75 Å². The minimum absolute atomic E-state index is 0.0138. The summed E-state index contributed by atoms with van der Waals surface area (Å²) in [5.74, 6) is -0.0881. The molecule has 0 fully saturated rings. The summed E-state index contributed by atoms with van der Waals surface area (Å²) >= 11 is 0. The van der Waals surface area contributed by atoms with Crippen molar-refractivity contribution in [1.82, 2.24) is 0 Å². The average molecular weight is 270 g/mol. The van der Waals surface area contributed by atoms with Gasteiger partial charge in [0.2, 0.25) is 0 Å². The number of phenols is 1. The number of aromatic hydroxyl groups is 1. The van der Waals surface area contributed by atoms with E-state index in [9.17, 15) is 14.7 Å². The van der Waals surface area contributed by atoms with Gasteiger partial charge in [0.05, 0.1) is 5.69 Å². The molecule has 5 heteroatoms. The third kappa shape index (κ3) is 3.35. The Bertz CT molecular complexity index is 653. The fraction of sp³-hybridized carbons (Fsp3) is 0.0667. The quantitative estimate of drug-likeness (QED) is 0.591. The molecule has 0 bridgehead atoms. The molecule has 0 saturated carbocycles. The van der Waals surface area contributed by atoms with E-state index in [2.05, 4.69) is 10.6 Å². The van der Waals surface area contributed by atoms with Crippen LogP contribution in [0.4, 0.5) is 16.2 Å². The molecule has 0 aliphatic carbocycles. The van der Waals surface area contributed by atoms with Gasteiger partial charge in [-0.3, -0.25) is 4.79 Å². The Kier molecular flexibility index (Phi) is 4.00. The lowest BCUT2D eigenvalue weighted by atomic mass is 10.1. The van der Waals surface area contributed by atoms with Gasteiger partial charge in [-0.05, 0) is 31.2 Å². The van der Waals surface area contributed by atoms with E-state index in [0.29, 0.717) is 16.9 Å². The van der Waals surface area contributed by atoms with Gasteiger partial charge in [-0.1, -0.05) is 24.3 Å². The number of carbonyl (C=O) groups excluding carboxylic acids is 2. The average Bonchev–Trinajstić information content (AvgIpc) is 2.41. The van der Waals surface area contributed by atoms with Crippen LogP contribution in [0.3, 0.4) is 0 Å². The highest BCUT2D eigenvalue weighted by molar-refractivity contribution is 6.02. The second-order valence-corrected chi connectivity index (χ2v) is 4.23. The molecule has 2 aromatic carbocycles. The number of phenolic OH excluding ortho intramolecular Hbond substituents is 1. The third-order valence-corrected chi connectivity index (χ3v) is 2.68. The summed E-state index contributed by atoms with van der Waals surface area (Å²) in [6, 6.07) is 12.6. The van der Waals surface area contributed by atoms with Crippen LogP contribution < -0.4 is 10.6 Å². The lowest BCUT2D eigenvalue weighted by molar-refractivity contribution is 0.101. The first-order valence-electron chi connectivity index (χ1n) is 6.03. The van der Waals surface area contributed by atoms with E-state index < -0.39 is 6.03 Å². The van der Waals surface area contributed by atoms with Crippen LogP contribution in [-0.2, 0) is 0 Å². The van der Waals surface area contributed by atoms with E-state index in [4.69, 9.17) is 0 Å². The predicted molar refractivity (Wildman–Crippen MR) is 77.2 cm³/mol. The monoisotopic (exact) mass is 270 g/mol. The zero-order valence-electron chi connectivity index (χ0n) is 10.9. The molecule has 5 nitrogen and oxygen atoms in total. The smallest absolute Gasteiger partial charge is 0.323 e. The molecule has 2 aromatic rings. The molecule has 0 spiro atoms. The lowest BCUT2D eigenvalue weighted by Crippen LogP contribution is -2.19. The maximum absolute atomic E-state index is 11.8. The maximum atomic E-state index is 11.8. The number of anilines is 2. The summed E-state index contributed by atoms with van der Waals surface area (Å²) in [7, 11) is 0. The summed E-state index contributed by atoms with van der Waals surface area (Å²) in [5, 5.41) is 14.7. The van der Waals surface area contributed by atoms with Crippen LogP contribution >= 0.6 is 0 Å². The molecule has 2 rings (SSSR count). The fourth-order valence-corrected chi connectivity index (χ4v) is 1.68. The number of ketones is 1. The Morgan fingerprint density at radius 2 is 1.75 bits per heavy atom. The number of nitrogens with one attached hydrogen (secondary N) is 2. The minimum atomic E-state index is -0.493. The van der Waals surface area contributed by atoms with Crippen molar-refractivity contribution in [3.63, 3.8) is 0 Å². The first kappa shape index (κ1) is 13.6. The molecule has 0 aromatic heterocycles. The second-order valence-electron chi connectivity index (χ2n) is 4.23. The van der Waals surface area contributed by atoms with E-state index in [1.54, 1.807) is 42.5 Å². The molecular weight excluding hydrogens is 256 g/mol. The van der Waals surface area contributed by atoms with Crippen molar-refractivity contribution in [1.29, 1.82) is 0 Å². The van der Waals surface area contributed by atoms with Gasteiger partial charge >= 0.3 is 6.03 Å². The van der Waals surface area contributed by atoms with Crippen LogP contribution in [0.5, 0.6) is 5.75 Å². The van der Waals surface area contributed by atoms with Crippen molar-refractivity contribution in [2.75, 3.05) is 10.6 Å². The standard InChI is InChI=1S/C15H14N2O3/c1-10(18)11-5-4-6-12(9-11)16-15(20)17-13-7-2-3-8-14(13)19/h2-9,19H,1H3,(H2,16,17,20). The van der Waals surface area contributed by atoms with Crippen molar-refractivity contribution >= 4 is 23.2 Å². The van der Waals surface area contributed by atoms with E-state index >= 15 is 0 Å². The molecule has 102 valence electrons. The Hall–Kier alpha value is -2.82. The summed E-state index contributed by atoms with van der Waals surface area (Å²) < 4.78 is 0. The molecule has 0 unspecified atom stereocenters. The highest BCUT2D eigenvalue weighted by atomic mass is 16.3. The van der Waals surface area contributed by atoms with Gasteiger partial charge in [-0.15, -0.1) is 0 Å². The number of Topliss-reactive ketones (excluding diaryl/α,β-unsaturated/α-hetero) is 1. The Labute approximate surface area is 116 Å². The molecule has 0 radical (unpaired) electrons. The zero-order valence-corrected chi connectivity index (χ0v) is 10.9. The molecule has 2 amide bonds. The van der Waals surface area contributed by atoms with Crippen molar-refractivity contribution < 1.29 is 14.7 Å². The first-order chi connectivity index (χ1) is 9.56. The number of amides is 2. The predicted octanol–water partition coefficient (Wildman–Crippen LogP) is 3.24. The molecule has 0 heterocycles. The van der Waals surface area contributed by atoms with Gasteiger partial charge in [0, 0.05) is 11.3 Å². The fourth-order valence-electron chi connectivity index (χ4n) is 1.68. The Morgan fingerprint density at radius 1 is 1.00 bits per heavy atom. The summed E-state index contributed by atoms with van der Waals surface area (Å²) in [5.41, 5.74) is 1.34. The number of urea groups is 1. The van der Waals surface area contributed by atoms with Crippen LogP contribution in [0, 0.1) is 0 Å². The molecule has 0 saturated heterocycles. The molecular formula is C15H14N2O3. The van der Waals surface area contributed by atoms with Crippen LogP contribution in [0.2, 0.25) is 0 Å². The van der Waals surface area contributed by atoms with Crippen LogP contribution in [0.1, 0.15) is 17.3 Å². The molecule has 20 heavy (non-hydrogen) atoms. The van der Waals surface area contributed by atoms with Crippen molar-refractivity contribution in [2.45, 2.75) is 6.92 Å². The Balaban J connectivity index is 2.07. The SMILES string of the molecule is CC(=O)c1cccc(NC(=O)Nc2ccccc2O)c1. The van der Waals surface area contributed by atoms with Crippen molar-refractivity contribution in [3.05, 3.63) is 54.1 Å². The molecule has 0 aliphatic rings. The van der Waals surface area contributed by atoms with Gasteiger partial charge in [0.25, 0.3) is 0 Å². The lowest BCUT2D eigenvalue weighted by Gasteiger charge is -2.09. The Morgan fingerprint density at radius 3 is 2.45 bits per heavy atom. The van der Waals surface area contributed by atoms with Gasteiger partial charge in [-0.2, -0.15) is 0 Å². The number of carbonyl (C=O) groups is 2. The van der Waals surface area contributed by atoms with Gasteiger partial charge < -0.3 is 15.7 Å². The normalized spacial score (nSPS) is 9.85. The summed E-state index contributed by atoms with van der Waals surface area (Å²) in [6.07, 6.45) is 0. The van der Waals surface area contributed by atoms with Gasteiger partial charge in [0.15, 0.2) is 5.78 Å². The molecule has 0 atom stereocenters. The van der Waals surface area contributed by atoms with Gasteiger partial charge in [-0.25, -0.2) is 4.79 Å². The number of benzene rings is 2. The number of hydrogen-bond acceptors (Lipinski definition) is 3. The van der Waals surface area contributed by atoms with E-state index in [-0.39, 0.29) is 11.5 Å². The largest absolute Gasteiger partial charge is 0.506 e. The second kappa shape index (κ2) is 5.88. The van der Waals surface area contributed by atoms with E-state index in [1.165, 1.54) is 13.0 Å². The topological polar surface area (TPSA) is 78.4 Å². The third-order valence-electron chi connectivity index (χ3n) is 2.68. The van der Waals surface area contributed by atoms with Gasteiger partial charge in [0.1, 0.15) is 5.75 Å². The molecule has 3 N–H and O–H groups in total. The zero-order chi connectivity index (χ0) is 14.5. The van der Waals surface area contributed by atoms with E-state index in [1.807, 2.05) is 0 Å². The van der Waals surface area contributed by atoms with Crippen LogP contribution in [0.25, 0.3) is 0 Å².